The molecule has 0 aliphatic carbocycles. The van der Waals surface area contributed by atoms with Gasteiger partial charge in [0.2, 0.25) is 0 Å². The highest BCUT2D eigenvalue weighted by Gasteiger charge is 2.21. The third-order valence-electron chi connectivity index (χ3n) is 1.72. The Balaban J connectivity index is 2.24. The molecule has 0 aromatic heterocycles. The molecule has 12 heavy (non-hydrogen) atoms. The molecule has 2 unspecified atom stereocenters. The quantitative estimate of drug-likeness (QED) is 0.587. The molecule has 5 heteroatoms. The van der Waals surface area contributed by atoms with Crippen LogP contribution in [0.4, 0.5) is 0 Å². The molecular formula is C7H13NO4. The van der Waals surface area contributed by atoms with E-state index >= 15 is 0 Å². The van der Waals surface area contributed by atoms with Crippen molar-refractivity contribution in [1.29, 1.82) is 0 Å². The van der Waals surface area contributed by atoms with Crippen LogP contribution in [0.25, 0.3) is 0 Å². The van der Waals surface area contributed by atoms with Gasteiger partial charge in [0.25, 0.3) is 0 Å². The van der Waals surface area contributed by atoms with Gasteiger partial charge in [-0.2, -0.15) is 0 Å². The fraction of sp³-hybridized carbons (Fsp3) is 0.857. The van der Waals surface area contributed by atoms with E-state index in [1.54, 1.807) is 0 Å². The summed E-state index contributed by atoms with van der Waals surface area (Å²) in [4.78, 5) is 10.4. The Bertz CT molecular complexity index is 155. The molecule has 0 amide bonds. The van der Waals surface area contributed by atoms with Gasteiger partial charge in [-0.25, -0.2) is 0 Å². The van der Waals surface area contributed by atoms with Crippen molar-refractivity contribution < 1.29 is 19.4 Å². The molecule has 1 aliphatic rings. The lowest BCUT2D eigenvalue weighted by atomic mass is 10.1. The van der Waals surface area contributed by atoms with E-state index in [4.69, 9.17) is 20.3 Å². The van der Waals surface area contributed by atoms with Gasteiger partial charge in [-0.15, -0.1) is 0 Å². The van der Waals surface area contributed by atoms with Gasteiger partial charge in [0, 0.05) is 6.42 Å². The molecule has 1 heterocycles. The van der Waals surface area contributed by atoms with Crippen molar-refractivity contribution in [2.45, 2.75) is 18.6 Å². The summed E-state index contributed by atoms with van der Waals surface area (Å²) in [5, 5.41) is 8.49. The number of hydrogen-bond donors (Lipinski definition) is 2. The number of carboxylic acid groups (broad SMARTS) is 1. The predicted octanol–water partition coefficient (Wildman–Crippen LogP) is -0.796. The Morgan fingerprint density at radius 3 is 2.92 bits per heavy atom. The van der Waals surface area contributed by atoms with Crippen LogP contribution in [0.2, 0.25) is 0 Å². The molecule has 1 rings (SSSR count). The first-order chi connectivity index (χ1) is 5.70. The van der Waals surface area contributed by atoms with E-state index in [-0.39, 0.29) is 6.10 Å². The van der Waals surface area contributed by atoms with E-state index in [0.717, 1.165) is 0 Å². The summed E-state index contributed by atoms with van der Waals surface area (Å²) in [6.07, 6.45) is 0.153. The maximum absolute atomic E-state index is 10.4. The number of ether oxygens (including phenoxy) is 2. The van der Waals surface area contributed by atoms with Crippen LogP contribution in [0.3, 0.4) is 0 Å². The topological polar surface area (TPSA) is 81.8 Å². The zero-order valence-electron chi connectivity index (χ0n) is 6.73. The molecule has 1 aliphatic heterocycles. The van der Waals surface area contributed by atoms with Gasteiger partial charge in [0.1, 0.15) is 6.04 Å². The fourth-order valence-corrected chi connectivity index (χ4v) is 1.06. The number of carbonyl (C=O) groups is 1. The molecule has 70 valence electrons. The summed E-state index contributed by atoms with van der Waals surface area (Å²) in [6, 6.07) is -0.850. The summed E-state index contributed by atoms with van der Waals surface area (Å²) in [6.45, 7) is 1.55. The molecule has 0 aromatic rings. The molecule has 1 fully saturated rings. The van der Waals surface area contributed by atoms with Crippen molar-refractivity contribution in [2.24, 2.45) is 5.73 Å². The summed E-state index contributed by atoms with van der Waals surface area (Å²) in [7, 11) is 0. The molecular weight excluding hydrogens is 162 g/mol. The Kier molecular flexibility index (Phi) is 3.46. The Morgan fingerprint density at radius 2 is 2.42 bits per heavy atom. The second-order valence-corrected chi connectivity index (χ2v) is 2.75. The highest BCUT2D eigenvalue weighted by Crippen LogP contribution is 2.06. The molecule has 0 spiro atoms. The lowest BCUT2D eigenvalue weighted by Gasteiger charge is -2.23. The van der Waals surface area contributed by atoms with Crippen molar-refractivity contribution in [2.75, 3.05) is 19.8 Å². The second kappa shape index (κ2) is 4.39. The van der Waals surface area contributed by atoms with Crippen LogP contribution in [0, 0.1) is 0 Å². The standard InChI is InChI=1S/C7H13NO4/c8-6(7(9)10)3-5-4-11-1-2-12-5/h5-6H,1-4,8H2,(H,9,10). The number of carboxylic acids is 1. The Labute approximate surface area is 70.4 Å². The maximum Gasteiger partial charge on any atom is 0.320 e. The van der Waals surface area contributed by atoms with Crippen LogP contribution in [0.15, 0.2) is 0 Å². The minimum absolute atomic E-state index is 0.162. The summed E-state index contributed by atoms with van der Waals surface area (Å²) in [5.74, 6) is -0.996. The molecule has 5 nitrogen and oxygen atoms in total. The minimum Gasteiger partial charge on any atom is -0.480 e. The summed E-state index contributed by atoms with van der Waals surface area (Å²) in [5.41, 5.74) is 5.31. The number of nitrogens with two attached hydrogens (primary N) is 1. The van der Waals surface area contributed by atoms with E-state index in [2.05, 4.69) is 0 Å². The largest absolute Gasteiger partial charge is 0.480 e. The van der Waals surface area contributed by atoms with Crippen LogP contribution < -0.4 is 5.73 Å². The second-order valence-electron chi connectivity index (χ2n) is 2.75. The van der Waals surface area contributed by atoms with E-state index in [1.165, 1.54) is 0 Å². The van der Waals surface area contributed by atoms with Crippen molar-refractivity contribution in [1.82, 2.24) is 0 Å². The molecule has 0 radical (unpaired) electrons. The monoisotopic (exact) mass is 175 g/mol. The van der Waals surface area contributed by atoms with E-state index in [0.29, 0.717) is 26.2 Å². The Hall–Kier alpha value is -0.650. The van der Waals surface area contributed by atoms with Crippen LogP contribution in [-0.2, 0) is 14.3 Å². The van der Waals surface area contributed by atoms with Crippen molar-refractivity contribution >= 4 is 5.97 Å². The van der Waals surface area contributed by atoms with Gasteiger partial charge >= 0.3 is 5.97 Å². The van der Waals surface area contributed by atoms with E-state index < -0.39 is 12.0 Å². The SMILES string of the molecule is NC(CC1COCCO1)C(=O)O. The van der Waals surface area contributed by atoms with Crippen molar-refractivity contribution in [3.63, 3.8) is 0 Å². The molecule has 0 bridgehead atoms. The van der Waals surface area contributed by atoms with Gasteiger partial charge in [0.05, 0.1) is 25.9 Å². The molecule has 0 aromatic carbocycles. The zero-order chi connectivity index (χ0) is 8.97. The van der Waals surface area contributed by atoms with Crippen LogP contribution >= 0.6 is 0 Å². The molecule has 3 N–H and O–H groups in total. The van der Waals surface area contributed by atoms with E-state index in [9.17, 15) is 4.79 Å². The van der Waals surface area contributed by atoms with Gasteiger partial charge in [-0.05, 0) is 0 Å². The molecule has 2 atom stereocenters. The average Bonchev–Trinajstić information content (AvgIpc) is 2.06. The van der Waals surface area contributed by atoms with E-state index in [1.807, 2.05) is 0 Å². The lowest BCUT2D eigenvalue weighted by molar-refractivity contribution is -0.141. The van der Waals surface area contributed by atoms with Crippen LogP contribution in [0.1, 0.15) is 6.42 Å². The normalized spacial score (nSPS) is 26.6. The van der Waals surface area contributed by atoms with Gasteiger partial charge in [0.15, 0.2) is 0 Å². The number of aliphatic carboxylic acids is 1. The van der Waals surface area contributed by atoms with Crippen molar-refractivity contribution in [3.8, 4) is 0 Å². The number of rotatable bonds is 3. The molecule has 1 saturated heterocycles. The minimum atomic E-state index is -0.996. The maximum atomic E-state index is 10.4. The first-order valence-corrected chi connectivity index (χ1v) is 3.88. The summed E-state index contributed by atoms with van der Waals surface area (Å²) >= 11 is 0. The first-order valence-electron chi connectivity index (χ1n) is 3.88. The van der Waals surface area contributed by atoms with Gasteiger partial charge < -0.3 is 20.3 Å². The van der Waals surface area contributed by atoms with Crippen molar-refractivity contribution in [3.05, 3.63) is 0 Å². The third kappa shape index (κ3) is 2.77. The van der Waals surface area contributed by atoms with Crippen LogP contribution in [-0.4, -0.2) is 43.0 Å². The molecule has 0 saturated carbocycles. The number of hydrogen-bond acceptors (Lipinski definition) is 4. The van der Waals surface area contributed by atoms with Gasteiger partial charge in [-0.1, -0.05) is 0 Å². The average molecular weight is 175 g/mol. The summed E-state index contributed by atoms with van der Waals surface area (Å²) < 4.78 is 10.3. The smallest absolute Gasteiger partial charge is 0.320 e. The fourth-order valence-electron chi connectivity index (χ4n) is 1.06. The first kappa shape index (κ1) is 9.44. The highest BCUT2D eigenvalue weighted by atomic mass is 16.6. The Morgan fingerprint density at radius 1 is 1.67 bits per heavy atom. The van der Waals surface area contributed by atoms with Gasteiger partial charge in [-0.3, -0.25) is 4.79 Å². The lowest BCUT2D eigenvalue weighted by Crippen LogP contribution is -2.39. The van der Waals surface area contributed by atoms with Crippen LogP contribution in [0.5, 0.6) is 0 Å². The zero-order valence-corrected chi connectivity index (χ0v) is 6.73. The third-order valence-corrected chi connectivity index (χ3v) is 1.72. The highest BCUT2D eigenvalue weighted by molar-refractivity contribution is 5.73. The predicted molar refractivity (Wildman–Crippen MR) is 40.8 cm³/mol.